The van der Waals surface area contributed by atoms with Crippen molar-refractivity contribution < 1.29 is 0 Å². The van der Waals surface area contributed by atoms with Crippen molar-refractivity contribution in [1.29, 1.82) is 0 Å². The Labute approximate surface area is 303 Å². The monoisotopic (exact) mass is 676 g/mol. The third-order valence-corrected chi connectivity index (χ3v) is 7.96. The minimum Gasteiger partial charge on any atom is -0.340 e. The Balaban J connectivity index is 0.000000162. The SMILES string of the molecule is c1ccc(Nc2ccc(-c3ccc(Nc4ccccn4)cc3)cc2)nc1.c1ccc(Nc2ccc(-c3ccc(Nc4ccccn4)cc3)cc2)nc1. The Morgan fingerprint density at radius 1 is 0.231 bits per heavy atom. The highest BCUT2D eigenvalue weighted by atomic mass is 15.0. The minimum absolute atomic E-state index is 0.838. The summed E-state index contributed by atoms with van der Waals surface area (Å²) >= 11 is 0. The van der Waals surface area contributed by atoms with Crippen molar-refractivity contribution >= 4 is 46.0 Å². The van der Waals surface area contributed by atoms with Crippen LogP contribution in [0.2, 0.25) is 0 Å². The van der Waals surface area contributed by atoms with E-state index >= 15 is 0 Å². The average Bonchev–Trinajstić information content (AvgIpc) is 3.21. The lowest BCUT2D eigenvalue weighted by Crippen LogP contribution is -1.93. The quantitative estimate of drug-likeness (QED) is 0.114. The third kappa shape index (κ3) is 9.43. The van der Waals surface area contributed by atoms with Crippen LogP contribution in [0.3, 0.4) is 0 Å². The summed E-state index contributed by atoms with van der Waals surface area (Å²) in [5.41, 5.74) is 8.73. The van der Waals surface area contributed by atoms with E-state index in [1.807, 2.05) is 72.8 Å². The molecule has 0 saturated carbocycles. The molecule has 4 aromatic carbocycles. The van der Waals surface area contributed by atoms with Crippen LogP contribution >= 0.6 is 0 Å². The van der Waals surface area contributed by atoms with E-state index in [0.717, 1.165) is 46.0 Å². The molecule has 0 radical (unpaired) electrons. The number of hydrogen-bond donors (Lipinski definition) is 4. The molecule has 4 N–H and O–H groups in total. The fraction of sp³-hybridized carbons (Fsp3) is 0. The zero-order valence-electron chi connectivity index (χ0n) is 28.3. The highest BCUT2D eigenvalue weighted by Gasteiger charge is 2.03. The average molecular weight is 677 g/mol. The molecule has 52 heavy (non-hydrogen) atoms. The summed E-state index contributed by atoms with van der Waals surface area (Å²) in [6, 6.07) is 56.6. The molecule has 8 rings (SSSR count). The highest BCUT2D eigenvalue weighted by molar-refractivity contribution is 5.71. The van der Waals surface area contributed by atoms with Crippen LogP contribution in [0.25, 0.3) is 22.3 Å². The second-order valence-corrected chi connectivity index (χ2v) is 11.7. The van der Waals surface area contributed by atoms with Crippen LogP contribution in [0.4, 0.5) is 46.0 Å². The van der Waals surface area contributed by atoms with Crippen LogP contribution in [0, 0.1) is 0 Å². The maximum atomic E-state index is 4.28. The molecule has 4 heterocycles. The summed E-state index contributed by atoms with van der Waals surface area (Å²) in [6.45, 7) is 0. The standard InChI is InChI=1S/2C22H18N4/c2*1-3-15-23-21(5-1)25-19-11-7-17(8-12-19)18-9-13-20(14-10-18)26-22-6-2-4-16-24-22/h2*1-16H,(H,23,25)(H,24,26). The molecule has 0 aliphatic heterocycles. The number of benzene rings is 4. The lowest BCUT2D eigenvalue weighted by Gasteiger charge is -2.08. The summed E-state index contributed by atoms with van der Waals surface area (Å²) in [5, 5.41) is 13.2. The van der Waals surface area contributed by atoms with Gasteiger partial charge in [0.2, 0.25) is 0 Å². The molecule has 0 bridgehead atoms. The van der Waals surface area contributed by atoms with Gasteiger partial charge >= 0.3 is 0 Å². The van der Waals surface area contributed by atoms with Crippen LogP contribution < -0.4 is 21.3 Å². The van der Waals surface area contributed by atoms with Gasteiger partial charge in [-0.3, -0.25) is 0 Å². The molecule has 8 nitrogen and oxygen atoms in total. The first-order valence-corrected chi connectivity index (χ1v) is 16.9. The van der Waals surface area contributed by atoms with E-state index in [-0.39, 0.29) is 0 Å². The highest BCUT2D eigenvalue weighted by Crippen LogP contribution is 2.27. The molecule has 0 saturated heterocycles. The van der Waals surface area contributed by atoms with E-state index in [9.17, 15) is 0 Å². The van der Waals surface area contributed by atoms with Crippen molar-refractivity contribution in [3.05, 3.63) is 195 Å². The summed E-state index contributed by atoms with van der Waals surface area (Å²) in [4.78, 5) is 17.1. The largest absolute Gasteiger partial charge is 0.340 e. The summed E-state index contributed by atoms with van der Waals surface area (Å²) < 4.78 is 0. The minimum atomic E-state index is 0.838. The Hall–Kier alpha value is -7.32. The van der Waals surface area contributed by atoms with Gasteiger partial charge in [-0.05, 0) is 119 Å². The predicted octanol–water partition coefficient (Wildman–Crippen LogP) is 11.3. The molecule has 0 aliphatic carbocycles. The molecule has 0 aliphatic rings. The smallest absolute Gasteiger partial charge is 0.130 e. The van der Waals surface area contributed by atoms with Crippen LogP contribution in [0.5, 0.6) is 0 Å². The molecular formula is C44H36N8. The van der Waals surface area contributed by atoms with Crippen LogP contribution in [0.1, 0.15) is 0 Å². The molecule has 8 aromatic rings. The van der Waals surface area contributed by atoms with E-state index in [2.05, 4.69) is 138 Å². The number of hydrogen-bond acceptors (Lipinski definition) is 8. The van der Waals surface area contributed by atoms with Gasteiger partial charge in [-0.25, -0.2) is 19.9 Å². The second-order valence-electron chi connectivity index (χ2n) is 11.7. The van der Waals surface area contributed by atoms with Crippen molar-refractivity contribution in [2.45, 2.75) is 0 Å². The molecule has 0 fully saturated rings. The van der Waals surface area contributed by atoms with Crippen molar-refractivity contribution in [3.63, 3.8) is 0 Å². The van der Waals surface area contributed by atoms with Gasteiger partial charge in [-0.2, -0.15) is 0 Å². The predicted molar refractivity (Wildman–Crippen MR) is 214 cm³/mol. The fourth-order valence-electron chi connectivity index (χ4n) is 5.32. The van der Waals surface area contributed by atoms with Gasteiger partial charge in [0.05, 0.1) is 0 Å². The first-order valence-electron chi connectivity index (χ1n) is 16.9. The van der Waals surface area contributed by atoms with Crippen molar-refractivity contribution in [2.24, 2.45) is 0 Å². The number of nitrogens with zero attached hydrogens (tertiary/aromatic N) is 4. The zero-order chi connectivity index (χ0) is 35.2. The van der Waals surface area contributed by atoms with Crippen molar-refractivity contribution in [3.8, 4) is 22.3 Å². The van der Waals surface area contributed by atoms with Crippen LogP contribution in [-0.2, 0) is 0 Å². The van der Waals surface area contributed by atoms with Crippen molar-refractivity contribution in [1.82, 2.24) is 19.9 Å². The molecular weight excluding hydrogens is 641 g/mol. The molecule has 0 atom stereocenters. The maximum Gasteiger partial charge on any atom is 0.130 e. The zero-order valence-corrected chi connectivity index (χ0v) is 28.3. The number of nitrogens with one attached hydrogen (secondary N) is 4. The second kappa shape index (κ2) is 16.9. The molecule has 0 amide bonds. The van der Waals surface area contributed by atoms with Gasteiger partial charge in [-0.1, -0.05) is 72.8 Å². The summed E-state index contributed by atoms with van der Waals surface area (Å²) in [7, 11) is 0. The number of pyridine rings is 4. The molecule has 0 unspecified atom stereocenters. The van der Waals surface area contributed by atoms with Crippen molar-refractivity contribution in [2.75, 3.05) is 21.3 Å². The van der Waals surface area contributed by atoms with Gasteiger partial charge in [-0.15, -0.1) is 0 Å². The topological polar surface area (TPSA) is 99.7 Å². The Morgan fingerprint density at radius 2 is 0.442 bits per heavy atom. The lowest BCUT2D eigenvalue weighted by molar-refractivity contribution is 1.31. The first kappa shape index (κ1) is 33.2. The third-order valence-electron chi connectivity index (χ3n) is 7.96. The number of rotatable bonds is 10. The Bertz CT molecular complexity index is 1900. The molecule has 252 valence electrons. The van der Waals surface area contributed by atoms with E-state index in [1.165, 1.54) is 22.3 Å². The summed E-state index contributed by atoms with van der Waals surface area (Å²) in [5.74, 6) is 3.35. The Kier molecular flexibility index (Phi) is 10.8. The van der Waals surface area contributed by atoms with Crippen LogP contribution in [-0.4, -0.2) is 19.9 Å². The van der Waals surface area contributed by atoms with Gasteiger partial charge in [0, 0.05) is 47.5 Å². The summed E-state index contributed by atoms with van der Waals surface area (Å²) in [6.07, 6.45) is 7.10. The molecule has 0 spiro atoms. The van der Waals surface area contributed by atoms with Gasteiger partial charge in [0.25, 0.3) is 0 Å². The Morgan fingerprint density at radius 3 is 0.615 bits per heavy atom. The van der Waals surface area contributed by atoms with Gasteiger partial charge < -0.3 is 21.3 Å². The van der Waals surface area contributed by atoms with E-state index in [0.29, 0.717) is 0 Å². The van der Waals surface area contributed by atoms with E-state index in [4.69, 9.17) is 0 Å². The normalized spacial score (nSPS) is 10.3. The molecule has 4 aromatic heterocycles. The van der Waals surface area contributed by atoms with E-state index < -0.39 is 0 Å². The number of anilines is 8. The molecule has 8 heteroatoms. The van der Waals surface area contributed by atoms with Gasteiger partial charge in [0.15, 0.2) is 0 Å². The fourth-order valence-corrected chi connectivity index (χ4v) is 5.32. The lowest BCUT2D eigenvalue weighted by atomic mass is 10.0. The van der Waals surface area contributed by atoms with E-state index in [1.54, 1.807) is 24.8 Å². The van der Waals surface area contributed by atoms with Gasteiger partial charge in [0.1, 0.15) is 23.3 Å². The van der Waals surface area contributed by atoms with Crippen LogP contribution in [0.15, 0.2) is 195 Å². The first-order chi connectivity index (χ1) is 25.7. The number of aromatic nitrogens is 4. The maximum absolute atomic E-state index is 4.28.